The van der Waals surface area contributed by atoms with Crippen LogP contribution in [0.2, 0.25) is 0 Å². The molecule has 10 nitrogen and oxygen atoms in total. The molecule has 4 atom stereocenters. The van der Waals surface area contributed by atoms with E-state index in [1.165, 1.54) is 0 Å². The van der Waals surface area contributed by atoms with Gasteiger partial charge in [-0.15, -0.1) is 0 Å². The van der Waals surface area contributed by atoms with E-state index in [1.807, 2.05) is 0 Å². The van der Waals surface area contributed by atoms with Gasteiger partial charge in [-0.25, -0.2) is 5.14 Å². The molecule has 0 aromatic heterocycles. The average molecular weight is 277 g/mol. The van der Waals surface area contributed by atoms with Crippen LogP contribution in [-0.2, 0) is 15.0 Å². The van der Waals surface area contributed by atoms with E-state index < -0.39 is 41.0 Å². The van der Waals surface area contributed by atoms with Gasteiger partial charge in [0.1, 0.15) is 18.3 Å². The van der Waals surface area contributed by atoms with E-state index in [0.717, 1.165) is 0 Å². The SMILES string of the molecule is NS(=O)(=O)O.OC[C@@]1(O)OC[C@@H](O)[C@@H](O)[C@@H]1O. The summed E-state index contributed by atoms with van der Waals surface area (Å²) in [6, 6.07) is 0. The maximum atomic E-state index is 9.24. The van der Waals surface area contributed by atoms with Crippen LogP contribution in [0, 0.1) is 0 Å². The van der Waals surface area contributed by atoms with E-state index in [1.54, 1.807) is 0 Å². The molecule has 0 aromatic carbocycles. The molecule has 104 valence electrons. The minimum Gasteiger partial charge on any atom is -0.391 e. The van der Waals surface area contributed by atoms with Crippen LogP contribution in [0.5, 0.6) is 0 Å². The minimum absolute atomic E-state index is 0.324. The van der Waals surface area contributed by atoms with Crippen LogP contribution in [0.15, 0.2) is 0 Å². The molecule has 1 saturated heterocycles. The summed E-state index contributed by atoms with van der Waals surface area (Å²) in [4.78, 5) is 0. The van der Waals surface area contributed by atoms with E-state index in [9.17, 15) is 5.11 Å². The molecule has 1 rings (SSSR count). The van der Waals surface area contributed by atoms with Crippen molar-refractivity contribution in [2.24, 2.45) is 5.14 Å². The standard InChI is InChI=1S/C6H12O6.H3NO3S/c7-2-6(11)5(10)4(9)3(8)1-12-6;1-5(2,3)4/h3-5,7-11H,1-2H2;(H3,1,2,3,4)/t3-,4-,5+,6-;/m1./s1. The van der Waals surface area contributed by atoms with Gasteiger partial charge in [0.2, 0.25) is 5.79 Å². The molecule has 0 aliphatic carbocycles. The van der Waals surface area contributed by atoms with Crippen LogP contribution < -0.4 is 5.14 Å². The van der Waals surface area contributed by atoms with Gasteiger partial charge in [-0.05, 0) is 0 Å². The van der Waals surface area contributed by atoms with Crippen LogP contribution in [-0.4, -0.2) is 75.8 Å². The summed E-state index contributed by atoms with van der Waals surface area (Å²) in [5.41, 5.74) is 0. The van der Waals surface area contributed by atoms with Crippen molar-refractivity contribution in [1.29, 1.82) is 0 Å². The van der Waals surface area contributed by atoms with Crippen molar-refractivity contribution in [2.75, 3.05) is 13.2 Å². The molecule has 8 N–H and O–H groups in total. The van der Waals surface area contributed by atoms with Gasteiger partial charge in [-0.1, -0.05) is 0 Å². The van der Waals surface area contributed by atoms with Crippen molar-refractivity contribution in [3.05, 3.63) is 0 Å². The zero-order valence-electron chi connectivity index (χ0n) is 8.54. The quantitative estimate of drug-likeness (QED) is 0.231. The number of ether oxygens (including phenoxy) is 1. The number of hydrogen-bond acceptors (Lipinski definition) is 8. The third-order valence-electron chi connectivity index (χ3n) is 1.91. The molecule has 0 bridgehead atoms. The van der Waals surface area contributed by atoms with Gasteiger partial charge in [0.15, 0.2) is 0 Å². The highest BCUT2D eigenvalue weighted by atomic mass is 32.2. The first kappa shape index (κ1) is 16.6. The Morgan fingerprint density at radius 3 is 2.12 bits per heavy atom. The lowest BCUT2D eigenvalue weighted by molar-refractivity contribution is -0.331. The molecule has 11 heteroatoms. The number of aliphatic hydroxyl groups excluding tert-OH is 4. The number of nitrogens with two attached hydrogens (primary N) is 1. The van der Waals surface area contributed by atoms with Crippen molar-refractivity contribution < 1.29 is 43.2 Å². The molecule has 0 saturated carbocycles. The normalized spacial score (nSPS) is 38.2. The largest absolute Gasteiger partial charge is 0.391 e. The van der Waals surface area contributed by atoms with Crippen molar-refractivity contribution >= 4 is 10.3 Å². The zero-order chi connectivity index (χ0) is 13.9. The van der Waals surface area contributed by atoms with Crippen molar-refractivity contribution in [1.82, 2.24) is 0 Å². The molecule has 0 unspecified atom stereocenters. The Morgan fingerprint density at radius 1 is 1.35 bits per heavy atom. The highest BCUT2D eigenvalue weighted by Crippen LogP contribution is 2.22. The maximum absolute atomic E-state index is 9.24. The van der Waals surface area contributed by atoms with Crippen molar-refractivity contribution in [3.8, 4) is 0 Å². The van der Waals surface area contributed by atoms with Gasteiger partial charge in [0, 0.05) is 0 Å². The number of aliphatic hydroxyl groups is 5. The monoisotopic (exact) mass is 277 g/mol. The van der Waals surface area contributed by atoms with Gasteiger partial charge in [-0.2, -0.15) is 8.42 Å². The molecule has 0 aromatic rings. The smallest absolute Gasteiger partial charge is 0.330 e. The van der Waals surface area contributed by atoms with E-state index in [-0.39, 0.29) is 6.61 Å². The van der Waals surface area contributed by atoms with Gasteiger partial charge < -0.3 is 30.3 Å². The summed E-state index contributed by atoms with van der Waals surface area (Å²) in [6.45, 7) is -1.16. The summed E-state index contributed by atoms with van der Waals surface area (Å²) in [5, 5.41) is 48.9. The Morgan fingerprint density at radius 2 is 1.76 bits per heavy atom. The number of rotatable bonds is 1. The molecule has 0 spiro atoms. The average Bonchev–Trinajstić information content (AvgIpc) is 2.19. The molecule has 1 fully saturated rings. The highest BCUT2D eigenvalue weighted by Gasteiger charge is 2.47. The first-order chi connectivity index (χ1) is 7.51. The molecule has 1 aliphatic rings. The fourth-order valence-electron chi connectivity index (χ4n) is 1.03. The van der Waals surface area contributed by atoms with Gasteiger partial charge >= 0.3 is 10.3 Å². The Balaban J connectivity index is 0.000000437. The molecular formula is C6H15NO9S. The lowest BCUT2D eigenvalue weighted by Crippen LogP contribution is -2.62. The molecule has 17 heavy (non-hydrogen) atoms. The molecule has 0 amide bonds. The zero-order valence-corrected chi connectivity index (χ0v) is 9.36. The van der Waals surface area contributed by atoms with Gasteiger partial charge in [0.05, 0.1) is 13.2 Å². The van der Waals surface area contributed by atoms with Crippen LogP contribution >= 0.6 is 0 Å². The van der Waals surface area contributed by atoms with Crippen LogP contribution in [0.25, 0.3) is 0 Å². The highest BCUT2D eigenvalue weighted by molar-refractivity contribution is 7.83. The predicted molar refractivity (Wildman–Crippen MR) is 51.7 cm³/mol. The molecule has 1 heterocycles. The van der Waals surface area contributed by atoms with E-state index >= 15 is 0 Å². The van der Waals surface area contributed by atoms with Crippen molar-refractivity contribution in [2.45, 2.75) is 24.1 Å². The summed E-state index contributed by atoms with van der Waals surface area (Å²) in [7, 11) is -4.17. The summed E-state index contributed by atoms with van der Waals surface area (Å²) in [5.74, 6) is -2.17. The lowest BCUT2D eigenvalue weighted by atomic mass is 9.98. The topological polar surface area (TPSA) is 191 Å². The second-order valence-corrected chi connectivity index (χ2v) is 4.36. The van der Waals surface area contributed by atoms with E-state index in [2.05, 4.69) is 9.88 Å². The van der Waals surface area contributed by atoms with Crippen LogP contribution in [0.1, 0.15) is 0 Å². The van der Waals surface area contributed by atoms with E-state index in [4.69, 9.17) is 33.4 Å². The fraction of sp³-hybridized carbons (Fsp3) is 1.00. The summed E-state index contributed by atoms with van der Waals surface area (Å²) >= 11 is 0. The Hall–Kier alpha value is -0.370. The second-order valence-electron chi connectivity index (χ2n) is 3.33. The Bertz CT molecular complexity index is 324. The third kappa shape index (κ3) is 5.67. The Kier molecular flexibility index (Phi) is 5.86. The van der Waals surface area contributed by atoms with Gasteiger partial charge in [-0.3, -0.25) is 4.55 Å². The van der Waals surface area contributed by atoms with E-state index in [0.29, 0.717) is 0 Å². The maximum Gasteiger partial charge on any atom is 0.330 e. The Labute approximate surface area is 96.8 Å². The number of hydrogen-bond donors (Lipinski definition) is 7. The molecule has 0 radical (unpaired) electrons. The van der Waals surface area contributed by atoms with Crippen molar-refractivity contribution in [3.63, 3.8) is 0 Å². The predicted octanol–water partition coefficient (Wildman–Crippen LogP) is -4.47. The van der Waals surface area contributed by atoms with Crippen LogP contribution in [0.4, 0.5) is 0 Å². The van der Waals surface area contributed by atoms with Crippen LogP contribution in [0.3, 0.4) is 0 Å². The summed E-state index contributed by atoms with van der Waals surface area (Å²) in [6.07, 6.45) is -4.45. The molecule has 1 aliphatic heterocycles. The lowest BCUT2D eigenvalue weighted by Gasteiger charge is -2.40. The van der Waals surface area contributed by atoms with Gasteiger partial charge in [0.25, 0.3) is 0 Å². The summed E-state index contributed by atoms with van der Waals surface area (Å²) < 4.78 is 29.8. The third-order valence-corrected chi connectivity index (χ3v) is 1.91. The first-order valence-corrected chi connectivity index (χ1v) is 5.78. The minimum atomic E-state index is -4.17. The second kappa shape index (κ2) is 5.99. The molecular weight excluding hydrogens is 262 g/mol. The fourth-order valence-corrected chi connectivity index (χ4v) is 1.03. The first-order valence-electron chi connectivity index (χ1n) is 4.28.